The summed E-state index contributed by atoms with van der Waals surface area (Å²) in [5.41, 5.74) is 11.7. The number of nitrogens with two attached hydrogens (primary N) is 2. The normalized spacial score (nSPS) is 17.3. The summed E-state index contributed by atoms with van der Waals surface area (Å²) in [6.07, 6.45) is 5.94. The molecule has 7 heteroatoms. The number of guanidine groups is 1. The fraction of sp³-hybridized carbons (Fsp3) is 0.600. The Morgan fingerprint density at radius 2 is 2.14 bits per heavy atom. The van der Waals surface area contributed by atoms with Crippen LogP contribution in [0.3, 0.4) is 0 Å². The molecule has 0 amide bonds. The zero-order chi connectivity index (χ0) is 16.5. The molecular weight excluding hydrogens is 280 g/mol. The van der Waals surface area contributed by atoms with E-state index in [1.54, 1.807) is 6.08 Å². The van der Waals surface area contributed by atoms with Crippen molar-refractivity contribution >= 4 is 12.7 Å². The van der Waals surface area contributed by atoms with E-state index < -0.39 is 0 Å². The maximum atomic E-state index is 7.68. The van der Waals surface area contributed by atoms with E-state index in [0.717, 1.165) is 32.4 Å². The van der Waals surface area contributed by atoms with Gasteiger partial charge >= 0.3 is 0 Å². The molecule has 0 spiro atoms. The first-order valence-electron chi connectivity index (χ1n) is 7.58. The van der Waals surface area contributed by atoms with Gasteiger partial charge in [0.1, 0.15) is 11.6 Å². The van der Waals surface area contributed by atoms with Gasteiger partial charge in [-0.05, 0) is 26.0 Å². The van der Waals surface area contributed by atoms with Gasteiger partial charge in [-0.25, -0.2) is 4.99 Å². The van der Waals surface area contributed by atoms with Crippen molar-refractivity contribution in [1.82, 2.24) is 9.80 Å². The van der Waals surface area contributed by atoms with E-state index >= 15 is 0 Å². The van der Waals surface area contributed by atoms with E-state index in [9.17, 15) is 0 Å². The molecule has 0 aromatic rings. The molecule has 0 radical (unpaired) electrons. The fourth-order valence-electron chi connectivity index (χ4n) is 2.38. The number of hydrogen-bond donors (Lipinski definition) is 3. The number of piperidine rings is 1. The van der Waals surface area contributed by atoms with Crippen LogP contribution in [0.1, 0.15) is 26.2 Å². The molecule has 22 heavy (non-hydrogen) atoms. The van der Waals surface area contributed by atoms with Crippen LogP contribution in [0.2, 0.25) is 0 Å². The lowest BCUT2D eigenvalue weighted by molar-refractivity contribution is 0.190. The number of hydrogen-bond acceptors (Lipinski definition) is 5. The van der Waals surface area contributed by atoms with Gasteiger partial charge in [0.2, 0.25) is 5.96 Å². The van der Waals surface area contributed by atoms with Gasteiger partial charge in [0.15, 0.2) is 0 Å². The Bertz CT molecular complexity index is 437. The number of likely N-dealkylation sites (tertiary alicyclic amines) is 1. The second kappa shape index (κ2) is 8.96. The lowest BCUT2D eigenvalue weighted by Gasteiger charge is -2.37. The largest absolute Gasteiger partial charge is 0.492 e. The Kier molecular flexibility index (Phi) is 7.28. The minimum absolute atomic E-state index is 0.242. The average Bonchev–Trinajstić information content (AvgIpc) is 2.57. The van der Waals surface area contributed by atoms with Gasteiger partial charge in [-0.2, -0.15) is 0 Å². The van der Waals surface area contributed by atoms with Crippen molar-refractivity contribution in [3.8, 4) is 0 Å². The summed E-state index contributed by atoms with van der Waals surface area (Å²) in [6.45, 7) is 7.62. The molecule has 7 nitrogen and oxygen atoms in total. The molecule has 0 aromatic carbocycles. The van der Waals surface area contributed by atoms with Gasteiger partial charge in [-0.1, -0.05) is 6.92 Å². The Morgan fingerprint density at radius 1 is 1.50 bits per heavy atom. The van der Waals surface area contributed by atoms with Crippen LogP contribution in [0.25, 0.3) is 0 Å². The van der Waals surface area contributed by atoms with Crippen LogP contribution in [-0.2, 0) is 4.74 Å². The van der Waals surface area contributed by atoms with Gasteiger partial charge in [0.05, 0.1) is 6.61 Å². The van der Waals surface area contributed by atoms with Crippen molar-refractivity contribution < 1.29 is 4.74 Å². The highest BCUT2D eigenvalue weighted by atomic mass is 16.5. The van der Waals surface area contributed by atoms with Crippen LogP contribution >= 0.6 is 0 Å². The van der Waals surface area contributed by atoms with Crippen molar-refractivity contribution in [2.45, 2.75) is 32.2 Å². The molecule has 0 aliphatic carbocycles. The highest BCUT2D eigenvalue weighted by Crippen LogP contribution is 2.18. The SMILES string of the molecule is C=NC(=N)N1CCC(N(C)/C(N)=C/C(=C\N)OCCC)CC1. The zero-order valence-corrected chi connectivity index (χ0v) is 13.6. The summed E-state index contributed by atoms with van der Waals surface area (Å²) in [4.78, 5) is 7.63. The highest BCUT2D eigenvalue weighted by Gasteiger charge is 2.24. The smallest absolute Gasteiger partial charge is 0.217 e. The van der Waals surface area contributed by atoms with E-state index in [1.807, 2.05) is 23.8 Å². The van der Waals surface area contributed by atoms with Crippen LogP contribution in [0.4, 0.5) is 0 Å². The second-order valence-electron chi connectivity index (χ2n) is 5.30. The van der Waals surface area contributed by atoms with Gasteiger partial charge in [-0.15, -0.1) is 0 Å². The minimum atomic E-state index is 0.242. The van der Waals surface area contributed by atoms with Crippen molar-refractivity contribution in [2.75, 3.05) is 26.7 Å². The monoisotopic (exact) mass is 308 g/mol. The molecule has 124 valence electrons. The molecule has 0 bridgehead atoms. The summed E-state index contributed by atoms with van der Waals surface area (Å²) < 4.78 is 5.51. The maximum absolute atomic E-state index is 7.68. The molecule has 0 unspecified atom stereocenters. The first-order valence-corrected chi connectivity index (χ1v) is 7.58. The van der Waals surface area contributed by atoms with Gasteiger partial charge in [0, 0.05) is 38.5 Å². The fourth-order valence-corrected chi connectivity index (χ4v) is 2.38. The summed E-state index contributed by atoms with van der Waals surface area (Å²) >= 11 is 0. The predicted octanol–water partition coefficient (Wildman–Crippen LogP) is 1.04. The summed E-state index contributed by atoms with van der Waals surface area (Å²) in [5, 5.41) is 7.68. The Morgan fingerprint density at radius 3 is 2.64 bits per heavy atom. The number of nitrogens with zero attached hydrogens (tertiary/aromatic N) is 3. The number of aliphatic imine (C=N–C) groups is 1. The summed E-state index contributed by atoms with van der Waals surface area (Å²) in [7, 11) is 1.97. The lowest BCUT2D eigenvalue weighted by Crippen LogP contribution is -2.45. The van der Waals surface area contributed by atoms with Crippen molar-refractivity contribution in [3.05, 3.63) is 23.9 Å². The molecule has 1 saturated heterocycles. The van der Waals surface area contributed by atoms with E-state index in [-0.39, 0.29) is 5.96 Å². The molecular formula is C15H28N6O. The number of allylic oxidation sites excluding steroid dienone is 1. The molecule has 1 rings (SSSR count). The van der Waals surface area contributed by atoms with E-state index in [1.165, 1.54) is 6.20 Å². The third-order valence-corrected chi connectivity index (χ3v) is 3.80. The van der Waals surface area contributed by atoms with Crippen molar-refractivity contribution in [2.24, 2.45) is 16.5 Å². The van der Waals surface area contributed by atoms with Gasteiger partial charge < -0.3 is 26.0 Å². The van der Waals surface area contributed by atoms with Crippen LogP contribution in [0.5, 0.6) is 0 Å². The van der Waals surface area contributed by atoms with Gasteiger partial charge in [0.25, 0.3) is 0 Å². The molecule has 1 fully saturated rings. The topological polar surface area (TPSA) is 104 Å². The van der Waals surface area contributed by atoms with Crippen molar-refractivity contribution in [3.63, 3.8) is 0 Å². The third-order valence-electron chi connectivity index (χ3n) is 3.80. The first-order chi connectivity index (χ1) is 10.5. The van der Waals surface area contributed by atoms with E-state index in [0.29, 0.717) is 24.2 Å². The molecule has 0 saturated carbocycles. The van der Waals surface area contributed by atoms with Crippen molar-refractivity contribution in [1.29, 1.82) is 5.41 Å². The first kappa shape index (κ1) is 17.9. The number of ether oxygens (including phenoxy) is 1. The Balaban J connectivity index is 2.58. The molecule has 1 heterocycles. The van der Waals surface area contributed by atoms with E-state index in [4.69, 9.17) is 21.6 Å². The molecule has 0 atom stereocenters. The quantitative estimate of drug-likeness (QED) is 0.294. The molecule has 1 aliphatic rings. The second-order valence-corrected chi connectivity index (χ2v) is 5.30. The summed E-state index contributed by atoms with van der Waals surface area (Å²) in [5.74, 6) is 1.45. The minimum Gasteiger partial charge on any atom is -0.492 e. The Hall–Kier alpha value is -2.18. The lowest BCUT2D eigenvalue weighted by atomic mass is 10.0. The van der Waals surface area contributed by atoms with Crippen LogP contribution in [0.15, 0.2) is 28.8 Å². The zero-order valence-electron chi connectivity index (χ0n) is 13.6. The van der Waals surface area contributed by atoms with E-state index in [2.05, 4.69) is 11.7 Å². The standard InChI is InChI=1S/C15H28N6O/c1-4-9-22-13(11-16)10-14(17)20(3)12-5-7-21(8-6-12)15(18)19-2/h10-12,18H,2,4-9,16-17H2,1,3H3/b13-11+,14-10+,18-15?. The molecule has 0 aromatic heterocycles. The average molecular weight is 308 g/mol. The van der Waals surface area contributed by atoms with Gasteiger partial charge in [-0.3, -0.25) is 5.41 Å². The number of rotatable bonds is 6. The number of nitrogens with one attached hydrogen (secondary N) is 1. The molecule has 5 N–H and O–H groups in total. The molecule has 1 aliphatic heterocycles. The highest BCUT2D eigenvalue weighted by molar-refractivity contribution is 5.81. The third kappa shape index (κ3) is 4.98. The van der Waals surface area contributed by atoms with Crippen LogP contribution in [-0.4, -0.2) is 55.3 Å². The van der Waals surface area contributed by atoms with Crippen LogP contribution in [0, 0.1) is 5.41 Å². The predicted molar refractivity (Wildman–Crippen MR) is 90.4 cm³/mol. The Labute approximate surface area is 132 Å². The summed E-state index contributed by atoms with van der Waals surface area (Å²) in [6, 6.07) is 0.329. The van der Waals surface area contributed by atoms with Crippen LogP contribution < -0.4 is 11.5 Å². The maximum Gasteiger partial charge on any atom is 0.217 e.